The molecule has 0 aromatic rings. The lowest BCUT2D eigenvalue weighted by Gasteiger charge is -2.63. The summed E-state index contributed by atoms with van der Waals surface area (Å²) in [4.78, 5) is 14.7. The molecule has 9 heteroatoms. The molecule has 4 saturated carbocycles. The van der Waals surface area contributed by atoms with Crippen molar-refractivity contribution in [1.82, 2.24) is 4.90 Å². The van der Waals surface area contributed by atoms with Gasteiger partial charge in [-0.2, -0.15) is 8.42 Å². The second-order valence-corrected chi connectivity index (χ2v) is 15.8. The van der Waals surface area contributed by atoms with Crippen molar-refractivity contribution in [3.63, 3.8) is 0 Å². The number of aliphatic hydroxyl groups excluding tert-OH is 3. The lowest BCUT2D eigenvalue weighted by molar-refractivity contribution is -0.207. The number of nitrogens with zero attached hydrogens (tertiary/aromatic N) is 1. The average Bonchev–Trinajstić information content (AvgIpc) is 3.22. The van der Waals surface area contributed by atoms with E-state index in [0.29, 0.717) is 31.8 Å². The van der Waals surface area contributed by atoms with Crippen LogP contribution in [0, 0.1) is 46.3 Å². The molecule has 38 heavy (non-hydrogen) atoms. The van der Waals surface area contributed by atoms with Gasteiger partial charge in [0.05, 0.1) is 23.6 Å². The van der Waals surface area contributed by atoms with Crippen molar-refractivity contribution in [3.05, 3.63) is 0 Å². The van der Waals surface area contributed by atoms with E-state index in [2.05, 4.69) is 20.8 Å². The highest BCUT2D eigenvalue weighted by Gasteiger charge is 2.65. The predicted molar refractivity (Wildman–Crippen MR) is 144 cm³/mol. The topological polar surface area (TPSA) is 135 Å². The van der Waals surface area contributed by atoms with Crippen molar-refractivity contribution in [3.8, 4) is 0 Å². The molecule has 1 amide bonds. The number of piperidine rings is 1. The highest BCUT2D eigenvalue weighted by Crippen LogP contribution is 2.68. The van der Waals surface area contributed by atoms with Gasteiger partial charge in [0.25, 0.3) is 10.1 Å². The first-order chi connectivity index (χ1) is 17.8. The van der Waals surface area contributed by atoms with Crippen molar-refractivity contribution in [2.45, 2.75) is 115 Å². The molecule has 0 aromatic heterocycles. The van der Waals surface area contributed by atoms with Gasteiger partial charge in [-0.3, -0.25) is 9.35 Å². The first kappa shape index (κ1) is 28.8. The van der Waals surface area contributed by atoms with Crippen molar-refractivity contribution in [1.29, 1.82) is 0 Å². The maximum atomic E-state index is 12.9. The van der Waals surface area contributed by atoms with Crippen LogP contribution in [-0.2, 0) is 14.9 Å². The van der Waals surface area contributed by atoms with Crippen LogP contribution < -0.4 is 0 Å². The SMILES string of the molecule is C[C@H](CCC(=O)N1CCC(S(=O)(=O)O)CC1)[C@H]1CC[C@H]2[C@@H]3[C@H](O)C[C@@H]4C[C@H](O)CC[C@]4(C)[C@H]3C[C@H](O)[C@]12C. The third-order valence-electron chi connectivity index (χ3n) is 12.6. The monoisotopic (exact) mass is 555 g/mol. The third-order valence-corrected chi connectivity index (χ3v) is 13.9. The molecule has 0 aromatic carbocycles. The Morgan fingerprint density at radius 1 is 0.974 bits per heavy atom. The van der Waals surface area contributed by atoms with Crippen molar-refractivity contribution in [2.24, 2.45) is 46.3 Å². The number of rotatable bonds is 5. The van der Waals surface area contributed by atoms with Crippen molar-refractivity contribution < 1.29 is 33.1 Å². The summed E-state index contributed by atoms with van der Waals surface area (Å²) in [5, 5.41) is 32.7. The minimum absolute atomic E-state index is 0.0377. The number of carbonyl (C=O) groups excluding carboxylic acids is 1. The fraction of sp³-hybridized carbons (Fsp3) is 0.966. The summed E-state index contributed by atoms with van der Waals surface area (Å²) in [5.41, 5.74) is -0.222. The quantitative estimate of drug-likeness (QED) is 0.383. The van der Waals surface area contributed by atoms with Crippen LogP contribution in [0.5, 0.6) is 0 Å². The molecule has 1 heterocycles. The molecular formula is C29H49NO7S. The summed E-state index contributed by atoms with van der Waals surface area (Å²) in [6.45, 7) is 7.50. The Morgan fingerprint density at radius 2 is 1.66 bits per heavy atom. The van der Waals surface area contributed by atoms with Crippen LogP contribution in [0.25, 0.3) is 0 Å². The molecular weight excluding hydrogens is 506 g/mol. The van der Waals surface area contributed by atoms with Crippen LogP contribution in [0.1, 0.15) is 91.4 Å². The zero-order valence-corrected chi connectivity index (χ0v) is 24.2. The molecule has 0 bridgehead atoms. The zero-order chi connectivity index (χ0) is 27.6. The summed E-state index contributed by atoms with van der Waals surface area (Å²) in [6, 6.07) is 0. The third kappa shape index (κ3) is 4.76. The first-order valence-electron chi connectivity index (χ1n) is 15.0. The van der Waals surface area contributed by atoms with Crippen LogP contribution in [0.4, 0.5) is 0 Å². The Balaban J connectivity index is 1.24. The molecule has 8 nitrogen and oxygen atoms in total. The van der Waals surface area contributed by atoms with E-state index in [4.69, 9.17) is 0 Å². The van der Waals surface area contributed by atoms with Gasteiger partial charge in [-0.15, -0.1) is 0 Å². The molecule has 11 atom stereocenters. The summed E-state index contributed by atoms with van der Waals surface area (Å²) in [5.74, 6) is 1.61. The van der Waals surface area contributed by atoms with Crippen LogP contribution in [-0.4, -0.2) is 75.7 Å². The van der Waals surface area contributed by atoms with Crippen molar-refractivity contribution >= 4 is 16.0 Å². The Kier molecular flexibility index (Phi) is 7.78. The number of hydrogen-bond acceptors (Lipinski definition) is 6. The molecule has 218 valence electrons. The summed E-state index contributed by atoms with van der Waals surface area (Å²) in [7, 11) is -4.05. The number of amides is 1. The number of hydrogen-bond donors (Lipinski definition) is 4. The second kappa shape index (κ2) is 10.3. The maximum Gasteiger partial charge on any atom is 0.267 e. The van der Waals surface area contributed by atoms with E-state index < -0.39 is 21.5 Å². The van der Waals surface area contributed by atoms with Gasteiger partial charge in [0.1, 0.15) is 0 Å². The zero-order valence-electron chi connectivity index (χ0n) is 23.3. The van der Waals surface area contributed by atoms with Crippen LogP contribution in [0.2, 0.25) is 0 Å². The van der Waals surface area contributed by atoms with E-state index in [1.54, 1.807) is 4.90 Å². The number of fused-ring (bicyclic) bond motifs is 5. The lowest BCUT2D eigenvalue weighted by Crippen LogP contribution is -2.62. The van der Waals surface area contributed by atoms with Gasteiger partial charge in [0, 0.05) is 19.5 Å². The van der Waals surface area contributed by atoms with Crippen LogP contribution in [0.15, 0.2) is 0 Å². The van der Waals surface area contributed by atoms with Gasteiger partial charge in [-0.05, 0) is 111 Å². The Hall–Kier alpha value is -0.740. The van der Waals surface area contributed by atoms with Gasteiger partial charge in [-0.25, -0.2) is 0 Å². The van der Waals surface area contributed by atoms with Gasteiger partial charge in [-0.1, -0.05) is 20.8 Å². The van der Waals surface area contributed by atoms with Crippen LogP contribution in [0.3, 0.4) is 0 Å². The number of likely N-dealkylation sites (tertiary alicyclic amines) is 1. The molecule has 0 radical (unpaired) electrons. The largest absolute Gasteiger partial charge is 0.393 e. The lowest BCUT2D eigenvalue weighted by atomic mass is 9.43. The van der Waals surface area contributed by atoms with E-state index >= 15 is 0 Å². The minimum atomic E-state index is -4.05. The molecule has 0 spiro atoms. The molecule has 4 N–H and O–H groups in total. The van der Waals surface area contributed by atoms with E-state index in [1.807, 2.05) is 0 Å². The van der Waals surface area contributed by atoms with Crippen LogP contribution >= 0.6 is 0 Å². The fourth-order valence-corrected chi connectivity index (χ4v) is 11.1. The number of carbonyl (C=O) groups is 1. The van der Waals surface area contributed by atoms with E-state index in [9.17, 15) is 33.1 Å². The van der Waals surface area contributed by atoms with E-state index in [-0.39, 0.29) is 71.4 Å². The highest BCUT2D eigenvalue weighted by atomic mass is 32.2. The molecule has 1 saturated heterocycles. The predicted octanol–water partition coefficient (Wildman–Crippen LogP) is 3.24. The average molecular weight is 556 g/mol. The molecule has 4 aliphatic carbocycles. The molecule has 1 aliphatic heterocycles. The van der Waals surface area contributed by atoms with E-state index in [0.717, 1.165) is 44.9 Å². The normalized spacial score (nSPS) is 46.7. The summed E-state index contributed by atoms with van der Waals surface area (Å²) in [6.07, 6.45) is 6.59. The maximum absolute atomic E-state index is 12.9. The molecule has 5 rings (SSSR count). The number of aliphatic hydroxyl groups is 3. The van der Waals surface area contributed by atoms with Gasteiger partial charge >= 0.3 is 0 Å². The molecule has 5 fully saturated rings. The Bertz CT molecular complexity index is 997. The standard InChI is InChI=1S/C29H49NO7S/c1-17(4-7-26(34)30-12-9-20(10-13-30)38(35,36)37)21-5-6-22-27-23(16-25(33)29(21,22)3)28(2)11-8-19(31)14-18(28)15-24(27)32/h17-25,27,31-33H,4-16H2,1-3H3,(H,35,36,37)/t17-,18+,19-,21-,22+,23+,24-,25+,27+,28+,29-/m1/s1. The van der Waals surface area contributed by atoms with Gasteiger partial charge in [0.2, 0.25) is 5.91 Å². The molecule has 5 aliphatic rings. The smallest absolute Gasteiger partial charge is 0.267 e. The minimum Gasteiger partial charge on any atom is -0.393 e. The highest BCUT2D eigenvalue weighted by molar-refractivity contribution is 7.86. The van der Waals surface area contributed by atoms with Crippen molar-refractivity contribution in [2.75, 3.05) is 13.1 Å². The molecule has 0 unspecified atom stereocenters. The first-order valence-corrected chi connectivity index (χ1v) is 16.5. The summed E-state index contributed by atoms with van der Waals surface area (Å²) < 4.78 is 32.1. The van der Waals surface area contributed by atoms with E-state index in [1.165, 1.54) is 0 Å². The second-order valence-electron chi connectivity index (χ2n) is 14.1. The summed E-state index contributed by atoms with van der Waals surface area (Å²) >= 11 is 0. The Labute approximate surface area is 228 Å². The fourth-order valence-electron chi connectivity index (χ4n) is 10.2. The Morgan fingerprint density at radius 3 is 2.32 bits per heavy atom. The van der Waals surface area contributed by atoms with Gasteiger partial charge in [0.15, 0.2) is 0 Å². The van der Waals surface area contributed by atoms with Gasteiger partial charge < -0.3 is 20.2 Å².